The van der Waals surface area contributed by atoms with Crippen LogP contribution in [0.3, 0.4) is 0 Å². The van der Waals surface area contributed by atoms with E-state index < -0.39 is 26.9 Å². The van der Waals surface area contributed by atoms with Gasteiger partial charge in [-0.05, 0) is 26.0 Å². The van der Waals surface area contributed by atoms with E-state index in [2.05, 4.69) is 0 Å². The summed E-state index contributed by atoms with van der Waals surface area (Å²) in [4.78, 5) is 21.7. The van der Waals surface area contributed by atoms with Crippen LogP contribution in [0.25, 0.3) is 0 Å². The molecule has 0 heterocycles. The minimum atomic E-state index is -1.58. The van der Waals surface area contributed by atoms with Gasteiger partial charge in [-0.2, -0.15) is 0 Å². The standard InChI is InChI=1S/C11H13NO5S/c1-3-17-11(13)8(2)18(16)10-6-4-9(5-7-10)12(14)15/h4-8H,3H2,1-2H3. The molecular formula is C11H13NO5S. The van der Waals surface area contributed by atoms with E-state index in [4.69, 9.17) is 4.74 Å². The maximum atomic E-state index is 12.0. The van der Waals surface area contributed by atoms with Crippen LogP contribution in [-0.2, 0) is 20.3 Å². The molecule has 0 saturated carbocycles. The number of hydrogen-bond acceptors (Lipinski definition) is 5. The van der Waals surface area contributed by atoms with Crippen molar-refractivity contribution in [3.63, 3.8) is 0 Å². The van der Waals surface area contributed by atoms with E-state index in [-0.39, 0.29) is 12.3 Å². The molecule has 1 aromatic rings. The van der Waals surface area contributed by atoms with Crippen molar-refractivity contribution in [3.8, 4) is 0 Å². The molecule has 0 aromatic heterocycles. The van der Waals surface area contributed by atoms with Crippen molar-refractivity contribution in [1.29, 1.82) is 0 Å². The van der Waals surface area contributed by atoms with E-state index in [0.717, 1.165) is 0 Å². The molecule has 0 fully saturated rings. The zero-order valence-corrected chi connectivity index (χ0v) is 10.8. The van der Waals surface area contributed by atoms with Crippen LogP contribution >= 0.6 is 0 Å². The highest BCUT2D eigenvalue weighted by molar-refractivity contribution is 7.86. The van der Waals surface area contributed by atoms with Gasteiger partial charge in [-0.1, -0.05) is 0 Å². The Bertz CT molecular complexity index is 471. The van der Waals surface area contributed by atoms with Crippen LogP contribution in [0.1, 0.15) is 13.8 Å². The normalized spacial score (nSPS) is 13.7. The predicted molar refractivity (Wildman–Crippen MR) is 65.6 cm³/mol. The van der Waals surface area contributed by atoms with E-state index in [9.17, 15) is 19.1 Å². The summed E-state index contributed by atoms with van der Waals surface area (Å²) in [5.41, 5.74) is -0.0838. The zero-order valence-electron chi connectivity index (χ0n) is 9.99. The van der Waals surface area contributed by atoms with Gasteiger partial charge in [-0.3, -0.25) is 19.1 Å². The van der Waals surface area contributed by atoms with Gasteiger partial charge in [0.05, 0.1) is 22.3 Å². The van der Waals surface area contributed by atoms with E-state index >= 15 is 0 Å². The average molecular weight is 271 g/mol. The first-order valence-electron chi connectivity index (χ1n) is 5.29. The van der Waals surface area contributed by atoms with E-state index in [1.165, 1.54) is 31.2 Å². The fraction of sp³-hybridized carbons (Fsp3) is 0.364. The third-order valence-corrected chi connectivity index (χ3v) is 3.79. The highest BCUT2D eigenvalue weighted by Gasteiger charge is 2.22. The summed E-state index contributed by atoms with van der Waals surface area (Å²) in [5, 5.41) is 9.67. The lowest BCUT2D eigenvalue weighted by molar-refractivity contribution is -0.384. The molecule has 0 aliphatic rings. The summed E-state index contributed by atoms with van der Waals surface area (Å²) in [7, 11) is -1.58. The Balaban J connectivity index is 2.84. The molecule has 0 aliphatic heterocycles. The number of ether oxygens (including phenoxy) is 1. The minimum absolute atomic E-state index is 0.0838. The summed E-state index contributed by atoms with van der Waals surface area (Å²) in [6, 6.07) is 5.27. The molecule has 1 rings (SSSR count). The van der Waals surface area contributed by atoms with Crippen LogP contribution in [0.2, 0.25) is 0 Å². The zero-order chi connectivity index (χ0) is 13.7. The van der Waals surface area contributed by atoms with E-state index in [1.54, 1.807) is 6.92 Å². The number of benzene rings is 1. The maximum Gasteiger partial charge on any atom is 0.321 e. The number of non-ortho nitro benzene ring substituents is 1. The van der Waals surface area contributed by atoms with Crippen LogP contribution in [0.4, 0.5) is 5.69 Å². The van der Waals surface area contributed by atoms with Crippen LogP contribution in [0, 0.1) is 10.1 Å². The molecule has 0 saturated heterocycles. The minimum Gasteiger partial charge on any atom is -0.465 e. The third-order valence-electron chi connectivity index (χ3n) is 2.22. The first-order valence-corrected chi connectivity index (χ1v) is 6.50. The van der Waals surface area contributed by atoms with E-state index in [1.807, 2.05) is 0 Å². The van der Waals surface area contributed by atoms with Gasteiger partial charge in [0.2, 0.25) is 0 Å². The number of nitro benzene ring substituents is 1. The lowest BCUT2D eigenvalue weighted by Crippen LogP contribution is -2.25. The fourth-order valence-electron chi connectivity index (χ4n) is 1.25. The average Bonchev–Trinajstić information content (AvgIpc) is 2.37. The van der Waals surface area contributed by atoms with Gasteiger partial charge in [0.1, 0.15) is 5.25 Å². The number of carbonyl (C=O) groups excluding carboxylic acids is 1. The predicted octanol–water partition coefficient (Wildman–Crippen LogP) is 1.65. The summed E-state index contributed by atoms with van der Waals surface area (Å²) in [6.07, 6.45) is 0. The van der Waals surface area contributed by atoms with Gasteiger partial charge >= 0.3 is 5.97 Å². The summed E-state index contributed by atoms with van der Waals surface area (Å²) >= 11 is 0. The summed E-state index contributed by atoms with van der Waals surface area (Å²) in [6.45, 7) is 3.38. The molecule has 7 heteroatoms. The molecule has 2 atom stereocenters. The van der Waals surface area contributed by atoms with Gasteiger partial charge in [-0.15, -0.1) is 0 Å². The van der Waals surface area contributed by atoms with E-state index in [0.29, 0.717) is 4.90 Å². The Morgan fingerprint density at radius 1 is 1.44 bits per heavy atom. The third kappa shape index (κ3) is 3.36. The number of esters is 1. The molecule has 2 unspecified atom stereocenters. The Morgan fingerprint density at radius 2 is 2.00 bits per heavy atom. The molecule has 6 nitrogen and oxygen atoms in total. The second-order valence-corrected chi connectivity index (χ2v) is 5.22. The second kappa shape index (κ2) is 6.25. The molecular weight excluding hydrogens is 258 g/mol. The van der Waals surface area contributed by atoms with Crippen molar-refractivity contribution in [2.75, 3.05) is 6.61 Å². The Morgan fingerprint density at radius 3 is 2.44 bits per heavy atom. The van der Waals surface area contributed by atoms with Crippen LogP contribution in [-0.4, -0.2) is 27.0 Å². The van der Waals surface area contributed by atoms with Crippen molar-refractivity contribution < 1.29 is 18.7 Å². The molecule has 98 valence electrons. The molecule has 18 heavy (non-hydrogen) atoms. The number of carbonyl (C=O) groups is 1. The molecule has 1 aromatic carbocycles. The van der Waals surface area contributed by atoms with Gasteiger partial charge < -0.3 is 4.74 Å². The lowest BCUT2D eigenvalue weighted by atomic mass is 10.3. The Hall–Kier alpha value is -1.76. The largest absolute Gasteiger partial charge is 0.465 e. The van der Waals surface area contributed by atoms with Crippen LogP contribution in [0.15, 0.2) is 29.2 Å². The quantitative estimate of drug-likeness (QED) is 0.461. The van der Waals surface area contributed by atoms with Crippen molar-refractivity contribution in [1.82, 2.24) is 0 Å². The molecule has 0 bridgehead atoms. The van der Waals surface area contributed by atoms with Gasteiger partial charge in [0.25, 0.3) is 5.69 Å². The second-order valence-electron chi connectivity index (χ2n) is 3.44. The lowest BCUT2D eigenvalue weighted by Gasteiger charge is -2.10. The summed E-state index contributed by atoms with van der Waals surface area (Å²) in [5.74, 6) is -0.547. The van der Waals surface area contributed by atoms with Crippen molar-refractivity contribution in [2.45, 2.75) is 24.0 Å². The molecule has 0 amide bonds. The monoisotopic (exact) mass is 271 g/mol. The first-order chi connectivity index (χ1) is 8.47. The Labute approximate surface area is 107 Å². The molecule has 0 aliphatic carbocycles. The first kappa shape index (κ1) is 14.3. The topological polar surface area (TPSA) is 86.5 Å². The van der Waals surface area contributed by atoms with Gasteiger partial charge in [-0.25, -0.2) is 0 Å². The summed E-state index contributed by atoms with van der Waals surface area (Å²) < 4.78 is 16.8. The van der Waals surface area contributed by atoms with Crippen molar-refractivity contribution in [3.05, 3.63) is 34.4 Å². The van der Waals surface area contributed by atoms with Crippen molar-refractivity contribution in [2.24, 2.45) is 0 Å². The fourth-order valence-corrected chi connectivity index (χ4v) is 2.31. The maximum absolute atomic E-state index is 12.0. The van der Waals surface area contributed by atoms with Crippen LogP contribution < -0.4 is 0 Å². The number of nitro groups is 1. The molecule has 0 radical (unpaired) electrons. The molecule has 0 spiro atoms. The van der Waals surface area contributed by atoms with Gasteiger partial charge in [0.15, 0.2) is 0 Å². The van der Waals surface area contributed by atoms with Crippen molar-refractivity contribution >= 4 is 22.5 Å². The Kier molecular flexibility index (Phi) is 4.96. The van der Waals surface area contributed by atoms with Crippen LogP contribution in [0.5, 0.6) is 0 Å². The highest BCUT2D eigenvalue weighted by Crippen LogP contribution is 2.17. The number of hydrogen-bond donors (Lipinski definition) is 0. The number of rotatable bonds is 5. The molecule has 0 N–H and O–H groups in total. The SMILES string of the molecule is CCOC(=O)C(C)S(=O)c1ccc([N+](=O)[O-])cc1. The van der Waals surface area contributed by atoms with Gasteiger partial charge in [0, 0.05) is 17.0 Å². The highest BCUT2D eigenvalue weighted by atomic mass is 32.2. The smallest absolute Gasteiger partial charge is 0.321 e. The number of nitrogens with zero attached hydrogens (tertiary/aromatic N) is 1.